The number of alkyl halides is 3. The molecule has 2 aromatic carbocycles. The minimum atomic E-state index is -4.72. The van der Waals surface area contributed by atoms with Gasteiger partial charge in [0.15, 0.2) is 11.6 Å². The summed E-state index contributed by atoms with van der Waals surface area (Å²) in [6.45, 7) is 0.277. The van der Waals surface area contributed by atoms with E-state index in [0.717, 1.165) is 43.3 Å². The Balaban J connectivity index is 2.25. The van der Waals surface area contributed by atoms with Gasteiger partial charge in [-0.05, 0) is 24.3 Å². The number of hydrogen-bond donors (Lipinski definition) is 1. The molecule has 4 nitrogen and oxygen atoms in total. The van der Waals surface area contributed by atoms with E-state index >= 15 is 0 Å². The van der Waals surface area contributed by atoms with Crippen LogP contribution in [0, 0.1) is 11.6 Å². The lowest BCUT2D eigenvalue weighted by molar-refractivity contribution is -0.137. The van der Waals surface area contributed by atoms with Gasteiger partial charge in [0.05, 0.1) is 11.3 Å². The molecule has 9 heteroatoms. The maximum atomic E-state index is 13.2. The first kappa shape index (κ1) is 19.4. The molecule has 0 bridgehead atoms. The number of carbonyl (C=O) groups excluding carboxylic acids is 2. The van der Waals surface area contributed by atoms with Crippen molar-refractivity contribution in [1.29, 1.82) is 0 Å². The molecule has 0 atom stereocenters. The molecule has 26 heavy (non-hydrogen) atoms. The second kappa shape index (κ2) is 7.51. The minimum Gasteiger partial charge on any atom is -0.324 e. The Labute approximate surface area is 145 Å². The SMILES string of the molecule is CC(=O)N(CC(=O)Nc1ccc(F)c(F)c1)c1ccccc1C(F)(F)F. The Bertz CT molecular complexity index is 836. The summed E-state index contributed by atoms with van der Waals surface area (Å²) in [4.78, 5) is 24.5. The Morgan fingerprint density at radius 3 is 2.27 bits per heavy atom. The average molecular weight is 372 g/mol. The largest absolute Gasteiger partial charge is 0.418 e. The quantitative estimate of drug-likeness (QED) is 0.826. The molecular formula is C17H13F5N2O2. The van der Waals surface area contributed by atoms with E-state index in [1.807, 2.05) is 0 Å². The molecule has 1 N–H and O–H groups in total. The summed E-state index contributed by atoms with van der Waals surface area (Å²) in [7, 11) is 0. The lowest BCUT2D eigenvalue weighted by Gasteiger charge is -2.24. The molecule has 0 radical (unpaired) electrons. The number of amides is 2. The average Bonchev–Trinajstić information content (AvgIpc) is 2.55. The van der Waals surface area contributed by atoms with Gasteiger partial charge in [-0.3, -0.25) is 9.59 Å². The topological polar surface area (TPSA) is 49.4 Å². The number of rotatable bonds is 4. The van der Waals surface area contributed by atoms with Crippen LogP contribution in [-0.4, -0.2) is 18.4 Å². The summed E-state index contributed by atoms with van der Waals surface area (Å²) in [6.07, 6.45) is -4.72. The lowest BCUT2D eigenvalue weighted by Crippen LogP contribution is -2.37. The van der Waals surface area contributed by atoms with Gasteiger partial charge < -0.3 is 10.2 Å². The molecule has 2 amide bonds. The van der Waals surface area contributed by atoms with E-state index in [2.05, 4.69) is 5.32 Å². The lowest BCUT2D eigenvalue weighted by atomic mass is 10.1. The number of anilines is 2. The molecule has 0 aliphatic heterocycles. The van der Waals surface area contributed by atoms with Gasteiger partial charge in [0.1, 0.15) is 6.54 Å². The molecule has 0 spiro atoms. The van der Waals surface area contributed by atoms with Crippen molar-refractivity contribution in [2.45, 2.75) is 13.1 Å². The van der Waals surface area contributed by atoms with E-state index in [9.17, 15) is 31.5 Å². The Morgan fingerprint density at radius 1 is 1.04 bits per heavy atom. The molecule has 0 aliphatic carbocycles. The highest BCUT2D eigenvalue weighted by molar-refractivity contribution is 6.02. The van der Waals surface area contributed by atoms with Gasteiger partial charge in [-0.15, -0.1) is 0 Å². The monoisotopic (exact) mass is 372 g/mol. The molecule has 0 unspecified atom stereocenters. The fraction of sp³-hybridized carbons (Fsp3) is 0.176. The molecule has 0 heterocycles. The van der Waals surface area contributed by atoms with Gasteiger partial charge in [0, 0.05) is 18.7 Å². The van der Waals surface area contributed by atoms with Crippen LogP contribution in [0.1, 0.15) is 12.5 Å². The normalized spacial score (nSPS) is 11.2. The summed E-state index contributed by atoms with van der Waals surface area (Å²) >= 11 is 0. The van der Waals surface area contributed by atoms with Crippen LogP contribution in [0.2, 0.25) is 0 Å². The zero-order valence-corrected chi connectivity index (χ0v) is 13.4. The molecule has 2 aromatic rings. The van der Waals surface area contributed by atoms with Crippen LogP contribution in [0.25, 0.3) is 0 Å². The second-order valence-electron chi connectivity index (χ2n) is 5.30. The third kappa shape index (κ3) is 4.56. The number of benzene rings is 2. The van der Waals surface area contributed by atoms with E-state index in [1.54, 1.807) is 0 Å². The van der Waals surface area contributed by atoms with Gasteiger partial charge in [-0.2, -0.15) is 13.2 Å². The van der Waals surface area contributed by atoms with E-state index < -0.39 is 47.4 Å². The van der Waals surface area contributed by atoms with Crippen molar-refractivity contribution >= 4 is 23.2 Å². The van der Waals surface area contributed by atoms with Crippen molar-refractivity contribution in [1.82, 2.24) is 0 Å². The van der Waals surface area contributed by atoms with Crippen LogP contribution in [0.4, 0.5) is 33.3 Å². The fourth-order valence-electron chi connectivity index (χ4n) is 2.23. The van der Waals surface area contributed by atoms with Gasteiger partial charge in [0.25, 0.3) is 0 Å². The second-order valence-corrected chi connectivity index (χ2v) is 5.30. The van der Waals surface area contributed by atoms with E-state index in [-0.39, 0.29) is 5.69 Å². The summed E-state index contributed by atoms with van der Waals surface area (Å²) in [6, 6.07) is 6.90. The third-order valence-corrected chi connectivity index (χ3v) is 3.39. The highest BCUT2D eigenvalue weighted by Gasteiger charge is 2.35. The van der Waals surface area contributed by atoms with Gasteiger partial charge in [-0.1, -0.05) is 12.1 Å². The Kier molecular flexibility index (Phi) is 5.59. The van der Waals surface area contributed by atoms with E-state index in [0.29, 0.717) is 4.90 Å². The first-order valence-corrected chi connectivity index (χ1v) is 7.29. The van der Waals surface area contributed by atoms with Crippen LogP contribution >= 0.6 is 0 Å². The molecule has 0 saturated heterocycles. The van der Waals surface area contributed by atoms with Crippen molar-refractivity contribution in [3.8, 4) is 0 Å². The minimum absolute atomic E-state index is 0.0958. The maximum absolute atomic E-state index is 13.2. The zero-order chi connectivity index (χ0) is 19.5. The van der Waals surface area contributed by atoms with Gasteiger partial charge in [0.2, 0.25) is 11.8 Å². The molecule has 0 saturated carbocycles. The van der Waals surface area contributed by atoms with E-state index in [1.165, 1.54) is 6.07 Å². The number of para-hydroxylation sites is 1. The van der Waals surface area contributed by atoms with Crippen molar-refractivity contribution in [3.63, 3.8) is 0 Å². The highest BCUT2D eigenvalue weighted by Crippen LogP contribution is 2.36. The summed E-state index contributed by atoms with van der Waals surface area (Å²) in [5, 5.41) is 2.20. The summed E-state index contributed by atoms with van der Waals surface area (Å²) < 4.78 is 65.4. The van der Waals surface area contributed by atoms with Gasteiger partial charge in [-0.25, -0.2) is 8.78 Å². The van der Waals surface area contributed by atoms with Crippen molar-refractivity contribution < 1.29 is 31.5 Å². The van der Waals surface area contributed by atoms with Crippen LogP contribution in [0.3, 0.4) is 0 Å². The summed E-state index contributed by atoms with van der Waals surface area (Å²) in [5.74, 6) is -3.98. The molecule has 0 aliphatic rings. The fourth-order valence-corrected chi connectivity index (χ4v) is 2.23. The molecule has 0 aromatic heterocycles. The molecule has 2 rings (SSSR count). The zero-order valence-electron chi connectivity index (χ0n) is 13.4. The molecule has 0 fully saturated rings. The third-order valence-electron chi connectivity index (χ3n) is 3.39. The first-order chi connectivity index (χ1) is 12.1. The Hall–Kier alpha value is -2.97. The summed E-state index contributed by atoms with van der Waals surface area (Å²) in [5.41, 5.74) is -1.65. The van der Waals surface area contributed by atoms with Crippen LogP contribution in [0.5, 0.6) is 0 Å². The number of hydrogen-bond acceptors (Lipinski definition) is 2. The highest BCUT2D eigenvalue weighted by atomic mass is 19.4. The molecular weight excluding hydrogens is 359 g/mol. The van der Waals surface area contributed by atoms with Crippen LogP contribution in [-0.2, 0) is 15.8 Å². The predicted molar refractivity (Wildman–Crippen MR) is 84.5 cm³/mol. The van der Waals surface area contributed by atoms with Crippen molar-refractivity contribution in [2.24, 2.45) is 0 Å². The standard InChI is InChI=1S/C17H13F5N2O2/c1-10(25)24(15-5-3-2-4-12(15)17(20,21)22)9-16(26)23-11-6-7-13(18)14(19)8-11/h2-8H,9H2,1H3,(H,23,26). The van der Waals surface area contributed by atoms with E-state index in [4.69, 9.17) is 0 Å². The first-order valence-electron chi connectivity index (χ1n) is 7.29. The number of carbonyl (C=O) groups is 2. The van der Waals surface area contributed by atoms with Crippen LogP contribution in [0.15, 0.2) is 42.5 Å². The van der Waals surface area contributed by atoms with Crippen molar-refractivity contribution in [3.05, 3.63) is 59.7 Å². The van der Waals surface area contributed by atoms with Crippen LogP contribution < -0.4 is 10.2 Å². The van der Waals surface area contributed by atoms with Crippen molar-refractivity contribution in [2.75, 3.05) is 16.8 Å². The van der Waals surface area contributed by atoms with Gasteiger partial charge >= 0.3 is 6.18 Å². The smallest absolute Gasteiger partial charge is 0.324 e. The number of halogens is 5. The number of nitrogens with one attached hydrogen (secondary N) is 1. The predicted octanol–water partition coefficient (Wildman–Crippen LogP) is 3.98. The number of nitrogens with zero attached hydrogens (tertiary/aromatic N) is 1. The Morgan fingerprint density at radius 2 is 1.69 bits per heavy atom. The molecule has 138 valence electrons. The maximum Gasteiger partial charge on any atom is 0.418 e.